The third-order valence-corrected chi connectivity index (χ3v) is 3.56. The Hall–Kier alpha value is -0.740. The molecule has 0 unspecified atom stereocenters. The second-order valence-electron chi connectivity index (χ2n) is 5.63. The van der Waals surface area contributed by atoms with Crippen molar-refractivity contribution >= 4 is 0 Å². The Balaban J connectivity index is 3.31. The Bertz CT molecular complexity index is 259. The van der Waals surface area contributed by atoms with E-state index in [1.165, 1.54) is 57.8 Å². The van der Waals surface area contributed by atoms with Gasteiger partial charge in [-0.05, 0) is 32.1 Å². The van der Waals surface area contributed by atoms with Crippen molar-refractivity contribution in [3.05, 3.63) is 12.7 Å². The van der Waals surface area contributed by atoms with Crippen LogP contribution in [0.5, 0.6) is 0 Å². The molecule has 1 atom stereocenters. The molecule has 0 rings (SSSR count). The van der Waals surface area contributed by atoms with Crippen molar-refractivity contribution in [2.75, 3.05) is 0 Å². The van der Waals surface area contributed by atoms with Crippen LogP contribution in [0, 0.1) is 11.8 Å². The molecule has 0 saturated carbocycles. The van der Waals surface area contributed by atoms with Gasteiger partial charge in [-0.15, -0.1) is 12.5 Å². The lowest BCUT2D eigenvalue weighted by Crippen LogP contribution is -2.02. The van der Waals surface area contributed by atoms with E-state index in [0.717, 1.165) is 25.7 Å². The molecule has 1 nitrogen and oxygen atoms in total. The second-order valence-corrected chi connectivity index (χ2v) is 5.63. The highest BCUT2D eigenvalue weighted by Gasteiger charge is 1.98. The van der Waals surface area contributed by atoms with Gasteiger partial charge in [0.05, 0.1) is 0 Å². The Morgan fingerprint density at radius 2 is 1.60 bits per heavy atom. The summed E-state index contributed by atoms with van der Waals surface area (Å²) in [4.78, 5) is 0. The molecule has 0 radical (unpaired) electrons. The van der Waals surface area contributed by atoms with Gasteiger partial charge in [0.2, 0.25) is 0 Å². The topological polar surface area (TPSA) is 20.2 Å². The van der Waals surface area contributed by atoms with Crippen LogP contribution in [0.25, 0.3) is 0 Å². The molecule has 0 aliphatic rings. The number of allylic oxidation sites excluding steroid dienone is 1. The Kier molecular flexibility index (Phi) is 15.7. The lowest BCUT2D eigenvalue weighted by Gasteiger charge is -2.03. The summed E-state index contributed by atoms with van der Waals surface area (Å²) in [6, 6.07) is 0. The third-order valence-electron chi connectivity index (χ3n) is 3.56. The van der Waals surface area contributed by atoms with Crippen LogP contribution in [0.2, 0.25) is 0 Å². The summed E-state index contributed by atoms with van der Waals surface area (Å²) in [6.07, 6.45) is 17.0. The van der Waals surface area contributed by atoms with E-state index in [1.54, 1.807) is 0 Å². The van der Waals surface area contributed by atoms with Gasteiger partial charge in [-0.2, -0.15) is 0 Å². The number of unbranched alkanes of at least 4 members (excludes halogenated alkanes) is 10. The van der Waals surface area contributed by atoms with Crippen molar-refractivity contribution in [3.63, 3.8) is 0 Å². The SMILES string of the molecule is C=CCCCCCCC[C@H](O)C#CCCCCCCC. The van der Waals surface area contributed by atoms with Gasteiger partial charge >= 0.3 is 0 Å². The molecule has 0 aromatic carbocycles. The van der Waals surface area contributed by atoms with Crippen molar-refractivity contribution in [3.8, 4) is 11.8 Å². The maximum atomic E-state index is 9.74. The summed E-state index contributed by atoms with van der Waals surface area (Å²) in [7, 11) is 0. The quantitative estimate of drug-likeness (QED) is 0.263. The maximum Gasteiger partial charge on any atom is 0.114 e. The molecule has 0 heterocycles. The fraction of sp³-hybridized carbons (Fsp3) is 0.789. The first-order valence-corrected chi connectivity index (χ1v) is 8.58. The first kappa shape index (κ1) is 19.3. The summed E-state index contributed by atoms with van der Waals surface area (Å²) in [5.74, 6) is 6.10. The smallest absolute Gasteiger partial charge is 0.114 e. The van der Waals surface area contributed by atoms with Crippen LogP contribution in [-0.2, 0) is 0 Å². The molecule has 0 aromatic heterocycles. The van der Waals surface area contributed by atoms with Crippen molar-refractivity contribution in [1.29, 1.82) is 0 Å². The first-order valence-electron chi connectivity index (χ1n) is 8.58. The van der Waals surface area contributed by atoms with Crippen LogP contribution in [-0.4, -0.2) is 11.2 Å². The van der Waals surface area contributed by atoms with Crippen molar-refractivity contribution in [1.82, 2.24) is 0 Å². The van der Waals surface area contributed by atoms with Crippen molar-refractivity contribution in [2.45, 2.75) is 96.5 Å². The fourth-order valence-electron chi connectivity index (χ4n) is 2.24. The number of hydrogen-bond donors (Lipinski definition) is 1. The molecule has 0 bridgehead atoms. The molecule has 0 aliphatic heterocycles. The zero-order valence-corrected chi connectivity index (χ0v) is 13.5. The maximum absolute atomic E-state index is 9.74. The highest BCUT2D eigenvalue weighted by molar-refractivity contribution is 5.04. The van der Waals surface area contributed by atoms with E-state index in [0.29, 0.717) is 0 Å². The summed E-state index contributed by atoms with van der Waals surface area (Å²) in [5.41, 5.74) is 0. The molecular weight excluding hydrogens is 244 g/mol. The van der Waals surface area contributed by atoms with E-state index < -0.39 is 6.10 Å². The highest BCUT2D eigenvalue weighted by Crippen LogP contribution is 2.09. The molecular formula is C19H34O. The standard InChI is InChI=1S/C19H34O/c1-3-5-7-9-11-13-15-17-19(20)18-16-14-12-10-8-6-4-2/h3,19-20H,1,4-15,17H2,2H3/t19-/m0/s1. The van der Waals surface area contributed by atoms with Gasteiger partial charge in [0.25, 0.3) is 0 Å². The summed E-state index contributed by atoms with van der Waals surface area (Å²) < 4.78 is 0. The molecule has 0 amide bonds. The zero-order valence-electron chi connectivity index (χ0n) is 13.5. The molecule has 20 heavy (non-hydrogen) atoms. The largest absolute Gasteiger partial charge is 0.380 e. The number of aliphatic hydroxyl groups excluding tert-OH is 1. The number of aliphatic hydroxyl groups is 1. The molecule has 116 valence electrons. The first-order chi connectivity index (χ1) is 9.81. The average Bonchev–Trinajstić information content (AvgIpc) is 2.45. The summed E-state index contributed by atoms with van der Waals surface area (Å²) in [5, 5.41) is 9.74. The number of hydrogen-bond acceptors (Lipinski definition) is 1. The van der Waals surface area contributed by atoms with E-state index in [4.69, 9.17) is 0 Å². The molecule has 0 spiro atoms. The minimum absolute atomic E-state index is 0.404. The lowest BCUT2D eigenvalue weighted by molar-refractivity contribution is 0.217. The average molecular weight is 278 g/mol. The molecule has 0 saturated heterocycles. The minimum Gasteiger partial charge on any atom is -0.380 e. The predicted molar refractivity (Wildman–Crippen MR) is 89.7 cm³/mol. The second kappa shape index (κ2) is 16.3. The number of rotatable bonds is 13. The Morgan fingerprint density at radius 1 is 0.950 bits per heavy atom. The summed E-state index contributed by atoms with van der Waals surface area (Å²) in [6.45, 7) is 5.96. The van der Waals surface area contributed by atoms with Gasteiger partial charge in [0, 0.05) is 6.42 Å². The molecule has 1 N–H and O–H groups in total. The summed E-state index contributed by atoms with van der Waals surface area (Å²) >= 11 is 0. The monoisotopic (exact) mass is 278 g/mol. The molecule has 1 heteroatoms. The van der Waals surface area contributed by atoms with Crippen molar-refractivity contribution in [2.24, 2.45) is 0 Å². The Morgan fingerprint density at radius 3 is 2.35 bits per heavy atom. The highest BCUT2D eigenvalue weighted by atomic mass is 16.3. The van der Waals surface area contributed by atoms with E-state index in [1.807, 2.05) is 6.08 Å². The minimum atomic E-state index is -0.404. The van der Waals surface area contributed by atoms with E-state index >= 15 is 0 Å². The van der Waals surface area contributed by atoms with Gasteiger partial charge in [-0.3, -0.25) is 0 Å². The van der Waals surface area contributed by atoms with E-state index in [2.05, 4.69) is 25.3 Å². The van der Waals surface area contributed by atoms with Crippen LogP contribution >= 0.6 is 0 Å². The van der Waals surface area contributed by atoms with Crippen molar-refractivity contribution < 1.29 is 5.11 Å². The van der Waals surface area contributed by atoms with Gasteiger partial charge in [0.15, 0.2) is 0 Å². The van der Waals surface area contributed by atoms with Crippen LogP contribution in [0.1, 0.15) is 90.4 Å². The van der Waals surface area contributed by atoms with Gasteiger partial charge in [-0.25, -0.2) is 0 Å². The Labute approximate surface area is 126 Å². The van der Waals surface area contributed by atoms with Crippen LogP contribution in [0.3, 0.4) is 0 Å². The molecule has 0 fully saturated rings. The van der Waals surface area contributed by atoms with Gasteiger partial charge < -0.3 is 5.11 Å². The predicted octanol–water partition coefficient (Wildman–Crippen LogP) is 5.63. The van der Waals surface area contributed by atoms with Gasteiger partial charge in [0.1, 0.15) is 6.10 Å². The fourth-order valence-corrected chi connectivity index (χ4v) is 2.24. The molecule has 0 aliphatic carbocycles. The van der Waals surface area contributed by atoms with Gasteiger partial charge in [-0.1, -0.05) is 63.9 Å². The van der Waals surface area contributed by atoms with E-state index in [-0.39, 0.29) is 0 Å². The van der Waals surface area contributed by atoms with Crippen LogP contribution < -0.4 is 0 Å². The normalized spacial score (nSPS) is 11.7. The lowest BCUT2D eigenvalue weighted by atomic mass is 10.1. The van der Waals surface area contributed by atoms with E-state index in [9.17, 15) is 5.11 Å². The molecule has 0 aromatic rings. The van der Waals surface area contributed by atoms with Crippen LogP contribution in [0.15, 0.2) is 12.7 Å². The third kappa shape index (κ3) is 15.3. The van der Waals surface area contributed by atoms with Crippen LogP contribution in [0.4, 0.5) is 0 Å². The zero-order chi connectivity index (χ0) is 14.9.